The molecular formula is C15H23F2N3O2S. The van der Waals surface area contributed by atoms with Crippen molar-refractivity contribution in [2.24, 2.45) is 0 Å². The van der Waals surface area contributed by atoms with E-state index in [0.717, 1.165) is 24.6 Å². The maximum atomic E-state index is 13.5. The predicted octanol–water partition coefficient (Wildman–Crippen LogP) is 1.24. The molecule has 0 radical (unpaired) electrons. The zero-order valence-electron chi connectivity index (χ0n) is 13.4. The van der Waals surface area contributed by atoms with Crippen LogP contribution < -0.4 is 10.0 Å². The highest BCUT2D eigenvalue weighted by Crippen LogP contribution is 2.31. The summed E-state index contributed by atoms with van der Waals surface area (Å²) in [6.45, 7) is 3.21. The molecule has 0 aliphatic carbocycles. The number of likely N-dealkylation sites (N-methyl/N-ethyl adjacent to an activating group) is 1. The van der Waals surface area contributed by atoms with E-state index in [1.807, 2.05) is 7.05 Å². The molecule has 0 spiro atoms. The standard InChI is InChI=1S/C15H23F2N3O2S/c1-3-23(21,22)19-8-7-18-14-6-9-20(2)15(14)11-4-5-12(16)13(17)10-11/h4-5,10,14-15,18-19H,3,6-9H2,1-2H3/t14-,15-/m0/s1. The van der Waals surface area contributed by atoms with Gasteiger partial charge in [0.05, 0.1) is 5.75 Å². The summed E-state index contributed by atoms with van der Waals surface area (Å²) < 4.78 is 51.8. The number of hydrogen-bond acceptors (Lipinski definition) is 4. The van der Waals surface area contributed by atoms with E-state index in [9.17, 15) is 17.2 Å². The van der Waals surface area contributed by atoms with Gasteiger partial charge in [0, 0.05) is 31.7 Å². The smallest absolute Gasteiger partial charge is 0.211 e. The molecule has 1 aromatic carbocycles. The van der Waals surface area contributed by atoms with Crippen LogP contribution in [0.2, 0.25) is 0 Å². The molecule has 1 heterocycles. The van der Waals surface area contributed by atoms with Crippen LogP contribution in [0.15, 0.2) is 18.2 Å². The molecule has 8 heteroatoms. The van der Waals surface area contributed by atoms with Gasteiger partial charge >= 0.3 is 0 Å². The minimum atomic E-state index is -3.19. The molecule has 1 saturated heterocycles. The molecule has 0 aromatic heterocycles. The molecule has 2 N–H and O–H groups in total. The second kappa shape index (κ2) is 7.65. The topological polar surface area (TPSA) is 61.4 Å². The van der Waals surface area contributed by atoms with Crippen molar-refractivity contribution in [3.63, 3.8) is 0 Å². The monoisotopic (exact) mass is 347 g/mol. The Morgan fingerprint density at radius 2 is 2.00 bits per heavy atom. The van der Waals surface area contributed by atoms with Gasteiger partial charge in [-0.3, -0.25) is 4.90 Å². The van der Waals surface area contributed by atoms with Gasteiger partial charge in [-0.05, 0) is 38.1 Å². The van der Waals surface area contributed by atoms with Gasteiger partial charge in [0.25, 0.3) is 0 Å². The van der Waals surface area contributed by atoms with Crippen molar-refractivity contribution in [1.29, 1.82) is 0 Å². The molecule has 0 unspecified atom stereocenters. The van der Waals surface area contributed by atoms with Gasteiger partial charge in [0.15, 0.2) is 11.6 Å². The van der Waals surface area contributed by atoms with Crippen LogP contribution in [0.3, 0.4) is 0 Å². The van der Waals surface area contributed by atoms with Crippen molar-refractivity contribution in [2.45, 2.75) is 25.4 Å². The molecule has 1 aromatic rings. The lowest BCUT2D eigenvalue weighted by molar-refractivity contribution is 0.286. The quantitative estimate of drug-likeness (QED) is 0.729. The van der Waals surface area contributed by atoms with E-state index in [0.29, 0.717) is 13.1 Å². The maximum Gasteiger partial charge on any atom is 0.211 e. The summed E-state index contributed by atoms with van der Waals surface area (Å²) in [5, 5.41) is 3.31. The summed E-state index contributed by atoms with van der Waals surface area (Å²) in [6, 6.07) is 3.97. The first-order valence-electron chi connectivity index (χ1n) is 7.70. The fourth-order valence-corrected chi connectivity index (χ4v) is 3.53. The molecule has 0 bridgehead atoms. The molecule has 0 amide bonds. The van der Waals surface area contributed by atoms with Crippen LogP contribution in [0.5, 0.6) is 0 Å². The highest BCUT2D eigenvalue weighted by Gasteiger charge is 2.33. The van der Waals surface area contributed by atoms with Gasteiger partial charge in [-0.2, -0.15) is 0 Å². The Kier molecular flexibility index (Phi) is 6.07. The van der Waals surface area contributed by atoms with Crippen LogP contribution >= 0.6 is 0 Å². The van der Waals surface area contributed by atoms with Gasteiger partial charge < -0.3 is 5.32 Å². The normalized spacial score (nSPS) is 22.6. The van der Waals surface area contributed by atoms with Crippen molar-refractivity contribution < 1.29 is 17.2 Å². The summed E-state index contributed by atoms with van der Waals surface area (Å²) in [5.41, 5.74) is 0.718. The highest BCUT2D eigenvalue weighted by atomic mass is 32.2. The SMILES string of the molecule is CCS(=O)(=O)NCCN[C@H]1CCN(C)[C@H]1c1ccc(F)c(F)c1. The second-order valence-corrected chi connectivity index (χ2v) is 7.84. The van der Waals surface area contributed by atoms with E-state index in [4.69, 9.17) is 0 Å². The Hall–Kier alpha value is -1.09. The molecular weight excluding hydrogens is 324 g/mol. The molecule has 2 rings (SSSR count). The third-order valence-electron chi connectivity index (χ3n) is 4.17. The average Bonchev–Trinajstić information content (AvgIpc) is 2.87. The van der Waals surface area contributed by atoms with Gasteiger partial charge in [-0.15, -0.1) is 0 Å². The molecule has 0 saturated carbocycles. The van der Waals surface area contributed by atoms with E-state index in [1.54, 1.807) is 13.0 Å². The number of rotatable bonds is 7. The Bertz CT molecular complexity index is 640. The van der Waals surface area contributed by atoms with E-state index in [-0.39, 0.29) is 17.8 Å². The van der Waals surface area contributed by atoms with Crippen molar-refractivity contribution in [2.75, 3.05) is 32.4 Å². The number of sulfonamides is 1. The molecule has 5 nitrogen and oxygen atoms in total. The number of hydrogen-bond donors (Lipinski definition) is 2. The van der Waals surface area contributed by atoms with E-state index in [1.165, 1.54) is 6.07 Å². The minimum Gasteiger partial charge on any atom is -0.311 e. The third-order valence-corrected chi connectivity index (χ3v) is 5.57. The van der Waals surface area contributed by atoms with Gasteiger partial charge in [-0.25, -0.2) is 21.9 Å². The fraction of sp³-hybridized carbons (Fsp3) is 0.600. The van der Waals surface area contributed by atoms with Crippen LogP contribution in [-0.2, 0) is 10.0 Å². The molecule has 1 fully saturated rings. The fourth-order valence-electron chi connectivity index (χ4n) is 2.91. The summed E-state index contributed by atoms with van der Waals surface area (Å²) >= 11 is 0. The van der Waals surface area contributed by atoms with Crippen LogP contribution in [0.4, 0.5) is 8.78 Å². The largest absolute Gasteiger partial charge is 0.311 e. The summed E-state index contributed by atoms with van der Waals surface area (Å²) in [6.07, 6.45) is 0.862. The van der Waals surface area contributed by atoms with E-state index >= 15 is 0 Å². The lowest BCUT2D eigenvalue weighted by Gasteiger charge is -2.26. The van der Waals surface area contributed by atoms with E-state index in [2.05, 4.69) is 14.9 Å². The Labute approximate surface area is 136 Å². The van der Waals surface area contributed by atoms with Gasteiger partial charge in [0.1, 0.15) is 0 Å². The Morgan fingerprint density at radius 1 is 1.26 bits per heavy atom. The molecule has 130 valence electrons. The number of nitrogens with zero attached hydrogens (tertiary/aromatic N) is 1. The van der Waals surface area contributed by atoms with Crippen molar-refractivity contribution in [3.05, 3.63) is 35.4 Å². The van der Waals surface area contributed by atoms with Crippen LogP contribution in [-0.4, -0.2) is 51.8 Å². The lowest BCUT2D eigenvalue weighted by Crippen LogP contribution is -2.40. The van der Waals surface area contributed by atoms with Crippen molar-refractivity contribution in [3.8, 4) is 0 Å². The predicted molar refractivity (Wildman–Crippen MR) is 85.6 cm³/mol. The summed E-state index contributed by atoms with van der Waals surface area (Å²) in [5.74, 6) is -1.65. The van der Waals surface area contributed by atoms with Crippen molar-refractivity contribution >= 4 is 10.0 Å². The molecule has 1 aliphatic heterocycles. The number of benzene rings is 1. The van der Waals surface area contributed by atoms with Crippen molar-refractivity contribution in [1.82, 2.24) is 14.9 Å². The summed E-state index contributed by atoms with van der Waals surface area (Å²) in [7, 11) is -1.26. The van der Waals surface area contributed by atoms with Crippen LogP contribution in [0, 0.1) is 11.6 Å². The van der Waals surface area contributed by atoms with Crippen LogP contribution in [0.25, 0.3) is 0 Å². The molecule has 2 atom stereocenters. The minimum absolute atomic E-state index is 0.0522. The third kappa shape index (κ3) is 4.69. The first-order chi connectivity index (χ1) is 10.8. The molecule has 1 aliphatic rings. The Morgan fingerprint density at radius 3 is 2.65 bits per heavy atom. The Balaban J connectivity index is 1.97. The second-order valence-electron chi connectivity index (χ2n) is 5.75. The van der Waals surface area contributed by atoms with E-state index < -0.39 is 21.7 Å². The summed E-state index contributed by atoms with van der Waals surface area (Å²) in [4.78, 5) is 2.08. The average molecular weight is 347 g/mol. The number of halogens is 2. The first kappa shape index (κ1) is 18.3. The number of likely N-dealkylation sites (tertiary alicyclic amines) is 1. The van der Waals surface area contributed by atoms with Gasteiger partial charge in [-0.1, -0.05) is 6.07 Å². The number of nitrogens with one attached hydrogen (secondary N) is 2. The lowest BCUT2D eigenvalue weighted by atomic mass is 10.00. The van der Waals surface area contributed by atoms with Crippen LogP contribution in [0.1, 0.15) is 24.9 Å². The highest BCUT2D eigenvalue weighted by molar-refractivity contribution is 7.89. The first-order valence-corrected chi connectivity index (χ1v) is 9.35. The zero-order valence-corrected chi connectivity index (χ0v) is 14.2. The zero-order chi connectivity index (χ0) is 17.0. The molecule has 23 heavy (non-hydrogen) atoms. The van der Waals surface area contributed by atoms with Gasteiger partial charge in [0.2, 0.25) is 10.0 Å². The maximum absolute atomic E-state index is 13.5.